The van der Waals surface area contributed by atoms with Crippen LogP contribution in [-0.2, 0) is 17.1 Å². The molecule has 1 saturated heterocycles. The van der Waals surface area contributed by atoms with Gasteiger partial charge in [0.25, 0.3) is 11.8 Å². The largest absolute Gasteiger partial charge is 0.462 e. The van der Waals surface area contributed by atoms with Gasteiger partial charge in [-0.05, 0) is 36.6 Å². The SMILES string of the molecule is CCCS(=O)(=O)Nc1nc2ccccc2nc1OC(C1CCN(c2nnn(C)n2)CC1)C(F)(F)F. The fourth-order valence-electron chi connectivity index (χ4n) is 3.95. The molecule has 1 N–H and O–H groups in total. The van der Waals surface area contributed by atoms with Crippen LogP contribution in [0.3, 0.4) is 0 Å². The molecular formula is C20H25F3N8O3S. The molecule has 0 radical (unpaired) electrons. The summed E-state index contributed by atoms with van der Waals surface area (Å²) in [6, 6.07) is 6.47. The summed E-state index contributed by atoms with van der Waals surface area (Å²) in [5.74, 6) is -1.64. The van der Waals surface area contributed by atoms with Crippen LogP contribution in [-0.4, -0.2) is 69.7 Å². The van der Waals surface area contributed by atoms with E-state index in [0.717, 1.165) is 0 Å². The zero-order valence-electron chi connectivity index (χ0n) is 19.1. The standard InChI is InChI=1S/C20H25F3N8O3S/c1-3-12-35(32,33)28-17-18(25-15-7-5-4-6-14(15)24-17)34-16(20(21,22)23)13-8-10-31(11-9-13)19-26-29-30(2)27-19/h4-7,13,16H,3,8-12H2,1-2H3,(H,24,28). The van der Waals surface area contributed by atoms with Gasteiger partial charge in [-0.15, -0.1) is 5.10 Å². The number of hydrogen-bond donors (Lipinski definition) is 1. The highest BCUT2D eigenvalue weighted by Gasteiger charge is 2.48. The van der Waals surface area contributed by atoms with Crippen molar-refractivity contribution in [1.82, 2.24) is 30.2 Å². The Morgan fingerprint density at radius 1 is 1.17 bits per heavy atom. The zero-order valence-corrected chi connectivity index (χ0v) is 19.9. The average Bonchev–Trinajstić information content (AvgIpc) is 3.23. The Bertz CT molecular complexity index is 1280. The molecule has 2 aromatic heterocycles. The van der Waals surface area contributed by atoms with Gasteiger partial charge in [0.15, 0.2) is 6.10 Å². The molecule has 1 fully saturated rings. The van der Waals surface area contributed by atoms with Gasteiger partial charge in [0.1, 0.15) is 0 Å². The van der Waals surface area contributed by atoms with E-state index in [2.05, 4.69) is 30.1 Å². The van der Waals surface area contributed by atoms with Crippen molar-refractivity contribution >= 4 is 32.8 Å². The Morgan fingerprint density at radius 2 is 1.83 bits per heavy atom. The van der Waals surface area contributed by atoms with Crippen LogP contribution in [0.5, 0.6) is 5.88 Å². The Hall–Kier alpha value is -3.23. The lowest BCUT2D eigenvalue weighted by atomic mass is 9.91. The average molecular weight is 515 g/mol. The third-order valence-electron chi connectivity index (χ3n) is 5.57. The van der Waals surface area contributed by atoms with Crippen molar-refractivity contribution in [2.45, 2.75) is 38.5 Å². The second-order valence-electron chi connectivity index (χ2n) is 8.27. The first-order chi connectivity index (χ1) is 16.6. The number of piperidine rings is 1. The summed E-state index contributed by atoms with van der Waals surface area (Å²) in [6.45, 7) is 2.24. The maximum absolute atomic E-state index is 14.2. The van der Waals surface area contributed by atoms with Gasteiger partial charge < -0.3 is 9.64 Å². The third-order valence-corrected chi connectivity index (χ3v) is 7.02. The predicted octanol–water partition coefficient (Wildman–Crippen LogP) is 2.53. The van der Waals surface area contributed by atoms with E-state index < -0.39 is 34.1 Å². The lowest BCUT2D eigenvalue weighted by molar-refractivity contribution is -0.212. The molecule has 1 unspecified atom stereocenters. The van der Waals surface area contributed by atoms with E-state index in [9.17, 15) is 21.6 Å². The van der Waals surface area contributed by atoms with E-state index in [1.54, 1.807) is 43.1 Å². The molecule has 15 heteroatoms. The van der Waals surface area contributed by atoms with Crippen LogP contribution in [0.2, 0.25) is 0 Å². The van der Waals surface area contributed by atoms with E-state index in [1.807, 2.05) is 0 Å². The maximum atomic E-state index is 14.2. The van der Waals surface area contributed by atoms with Gasteiger partial charge in [-0.2, -0.15) is 18.0 Å². The number of nitrogens with one attached hydrogen (secondary N) is 1. The molecule has 0 amide bonds. The number of rotatable bonds is 8. The molecule has 0 saturated carbocycles. The van der Waals surface area contributed by atoms with Gasteiger partial charge >= 0.3 is 6.18 Å². The molecule has 0 aliphatic carbocycles. The molecule has 1 aromatic carbocycles. The summed E-state index contributed by atoms with van der Waals surface area (Å²) in [5.41, 5.74) is 0.604. The molecule has 35 heavy (non-hydrogen) atoms. The highest BCUT2D eigenvalue weighted by Crippen LogP contribution is 2.37. The summed E-state index contributed by atoms with van der Waals surface area (Å²) in [4.78, 5) is 11.4. The molecule has 3 aromatic rings. The van der Waals surface area contributed by atoms with E-state index in [0.29, 0.717) is 17.9 Å². The maximum Gasteiger partial charge on any atom is 0.425 e. The molecule has 1 aliphatic heterocycles. The molecule has 3 heterocycles. The highest BCUT2D eigenvalue weighted by molar-refractivity contribution is 7.92. The predicted molar refractivity (Wildman–Crippen MR) is 121 cm³/mol. The number of anilines is 2. The topological polar surface area (TPSA) is 128 Å². The van der Waals surface area contributed by atoms with E-state index in [4.69, 9.17) is 4.74 Å². The van der Waals surface area contributed by atoms with E-state index in [-0.39, 0.29) is 43.0 Å². The number of fused-ring (bicyclic) bond motifs is 1. The van der Waals surface area contributed by atoms with Crippen LogP contribution >= 0.6 is 0 Å². The number of hydrogen-bond acceptors (Lipinski definition) is 9. The van der Waals surface area contributed by atoms with Gasteiger partial charge in [0.05, 0.1) is 23.8 Å². The molecule has 1 aliphatic rings. The van der Waals surface area contributed by atoms with E-state index >= 15 is 0 Å². The van der Waals surface area contributed by atoms with Gasteiger partial charge in [-0.1, -0.05) is 24.2 Å². The number of benzene rings is 1. The summed E-state index contributed by atoms with van der Waals surface area (Å²) >= 11 is 0. The lowest BCUT2D eigenvalue weighted by Crippen LogP contribution is -2.47. The van der Waals surface area contributed by atoms with Crippen LogP contribution in [0.25, 0.3) is 11.0 Å². The lowest BCUT2D eigenvalue weighted by Gasteiger charge is -2.36. The molecule has 0 bridgehead atoms. The minimum Gasteiger partial charge on any atom is -0.462 e. The van der Waals surface area contributed by atoms with Gasteiger partial charge in [0, 0.05) is 19.0 Å². The molecule has 0 spiro atoms. The van der Waals surface area contributed by atoms with Crippen LogP contribution < -0.4 is 14.4 Å². The van der Waals surface area contributed by atoms with Gasteiger partial charge in [-0.25, -0.2) is 18.4 Å². The number of ether oxygens (including phenoxy) is 1. The van der Waals surface area contributed by atoms with Crippen molar-refractivity contribution in [3.63, 3.8) is 0 Å². The fraction of sp³-hybridized carbons (Fsp3) is 0.550. The Morgan fingerprint density at radius 3 is 2.40 bits per heavy atom. The Kier molecular flexibility index (Phi) is 6.96. The van der Waals surface area contributed by atoms with Gasteiger partial charge in [-0.3, -0.25) is 4.72 Å². The first-order valence-corrected chi connectivity index (χ1v) is 12.7. The zero-order chi connectivity index (χ0) is 25.2. The Balaban J connectivity index is 1.61. The first kappa shape index (κ1) is 24.9. The molecule has 1 atom stereocenters. The fourth-order valence-corrected chi connectivity index (χ4v) is 5.02. The number of para-hydroxylation sites is 2. The number of aryl methyl sites for hydroxylation is 1. The number of alkyl halides is 3. The number of sulfonamides is 1. The summed E-state index contributed by atoms with van der Waals surface area (Å²) in [7, 11) is -2.25. The summed E-state index contributed by atoms with van der Waals surface area (Å²) < 4.78 is 74.9. The second-order valence-corrected chi connectivity index (χ2v) is 10.1. The van der Waals surface area contributed by atoms with Gasteiger partial charge in [0.2, 0.25) is 15.8 Å². The van der Waals surface area contributed by atoms with Crippen LogP contribution in [0.4, 0.5) is 24.9 Å². The number of halogens is 3. The van der Waals surface area contributed by atoms with Crippen molar-refractivity contribution in [2.75, 3.05) is 28.5 Å². The second kappa shape index (κ2) is 9.79. The monoisotopic (exact) mass is 514 g/mol. The number of nitrogens with zero attached hydrogens (tertiary/aromatic N) is 7. The van der Waals surface area contributed by atoms with Crippen molar-refractivity contribution in [3.8, 4) is 5.88 Å². The van der Waals surface area contributed by atoms with Crippen molar-refractivity contribution < 1.29 is 26.3 Å². The molecule has 11 nitrogen and oxygen atoms in total. The van der Waals surface area contributed by atoms with Crippen molar-refractivity contribution in [1.29, 1.82) is 0 Å². The summed E-state index contributed by atoms with van der Waals surface area (Å²) in [6.07, 6.45) is -6.30. The minimum absolute atomic E-state index is 0.153. The molecule has 4 rings (SSSR count). The highest BCUT2D eigenvalue weighted by atomic mass is 32.2. The quantitative estimate of drug-likeness (QED) is 0.482. The first-order valence-electron chi connectivity index (χ1n) is 11.1. The molecule has 190 valence electrons. The van der Waals surface area contributed by atoms with E-state index in [1.165, 1.54) is 4.80 Å². The van der Waals surface area contributed by atoms with Crippen LogP contribution in [0.15, 0.2) is 24.3 Å². The van der Waals surface area contributed by atoms with Crippen molar-refractivity contribution in [2.24, 2.45) is 13.0 Å². The smallest absolute Gasteiger partial charge is 0.425 e. The minimum atomic E-state index is -4.72. The molecular weight excluding hydrogens is 489 g/mol. The van der Waals surface area contributed by atoms with Crippen LogP contribution in [0.1, 0.15) is 26.2 Å². The summed E-state index contributed by atoms with van der Waals surface area (Å²) in [5, 5.41) is 11.8. The Labute approximate surface area is 199 Å². The normalized spacial score (nSPS) is 16.4. The third kappa shape index (κ3) is 5.89. The van der Waals surface area contributed by atoms with Crippen molar-refractivity contribution in [3.05, 3.63) is 24.3 Å². The van der Waals surface area contributed by atoms with Crippen LogP contribution in [0, 0.1) is 5.92 Å². The number of aromatic nitrogens is 6. The number of tetrazole rings is 1.